The van der Waals surface area contributed by atoms with E-state index in [0.29, 0.717) is 28.9 Å². The highest BCUT2D eigenvalue weighted by Gasteiger charge is 2.19. The summed E-state index contributed by atoms with van der Waals surface area (Å²) in [7, 11) is 0. The Labute approximate surface area is 168 Å². The Morgan fingerprint density at radius 2 is 2.04 bits per heavy atom. The molecule has 3 aromatic rings. The van der Waals surface area contributed by atoms with E-state index in [1.54, 1.807) is 6.33 Å². The number of fused-ring (bicyclic) bond motifs is 1. The van der Waals surface area contributed by atoms with Gasteiger partial charge in [-0.2, -0.15) is 9.97 Å². The van der Waals surface area contributed by atoms with Gasteiger partial charge in [0.25, 0.3) is 0 Å². The van der Waals surface area contributed by atoms with Gasteiger partial charge < -0.3 is 15.6 Å². The molecule has 8 nitrogen and oxygen atoms in total. The van der Waals surface area contributed by atoms with E-state index >= 15 is 0 Å². The monoisotopic (exact) mass is 400 g/mol. The third kappa shape index (κ3) is 4.19. The van der Waals surface area contributed by atoms with Crippen LogP contribution in [0.3, 0.4) is 0 Å². The van der Waals surface area contributed by atoms with Crippen LogP contribution in [0.1, 0.15) is 32.6 Å². The quantitative estimate of drug-likeness (QED) is 0.469. The molecule has 0 radical (unpaired) electrons. The maximum atomic E-state index is 6.11. The largest absolute Gasteiger partial charge is 0.338 e. The molecule has 4 rings (SSSR count). The molecule has 1 aliphatic rings. The van der Waals surface area contributed by atoms with E-state index in [1.807, 2.05) is 28.8 Å². The molecule has 9 heteroatoms. The van der Waals surface area contributed by atoms with Crippen molar-refractivity contribution in [2.24, 2.45) is 5.73 Å². The van der Waals surface area contributed by atoms with Crippen LogP contribution in [0, 0.1) is 0 Å². The van der Waals surface area contributed by atoms with Gasteiger partial charge in [-0.25, -0.2) is 10.4 Å². The number of aryl methyl sites for hydroxylation is 1. The Balaban J connectivity index is 1.59. The average Bonchev–Trinajstić information content (AvgIpc) is 3.11. The molecule has 0 saturated heterocycles. The third-order valence-electron chi connectivity index (χ3n) is 5.05. The van der Waals surface area contributed by atoms with Crippen molar-refractivity contribution in [2.75, 3.05) is 10.7 Å². The number of nitrogens with zero attached hydrogens (tertiary/aromatic N) is 4. The maximum absolute atomic E-state index is 6.11. The lowest BCUT2D eigenvalue weighted by Gasteiger charge is -2.26. The molecule has 0 atom stereocenters. The number of imidazole rings is 1. The first-order valence-electron chi connectivity index (χ1n) is 9.65. The lowest BCUT2D eigenvalue weighted by molar-refractivity contribution is 0.357. The minimum Gasteiger partial charge on any atom is -0.338 e. The van der Waals surface area contributed by atoms with Crippen LogP contribution in [-0.2, 0) is 6.54 Å². The molecule has 1 fully saturated rings. The van der Waals surface area contributed by atoms with Crippen molar-refractivity contribution < 1.29 is 0 Å². The van der Waals surface area contributed by atoms with Gasteiger partial charge in [-0.1, -0.05) is 17.7 Å². The summed E-state index contributed by atoms with van der Waals surface area (Å²) in [5, 5.41) is 3.97. The van der Waals surface area contributed by atoms with E-state index in [2.05, 4.69) is 38.0 Å². The Kier molecular flexibility index (Phi) is 5.61. The Morgan fingerprint density at radius 1 is 1.21 bits per heavy atom. The SMILES string of the molecule is CCn1cnc2c(Nc3cccc(Cl)c3)nc(NNC3CCC(N)CC3)nc21. The van der Waals surface area contributed by atoms with Crippen molar-refractivity contribution in [2.45, 2.75) is 51.2 Å². The molecule has 2 aromatic heterocycles. The average molecular weight is 401 g/mol. The second-order valence-corrected chi connectivity index (χ2v) is 7.55. The number of hydrazine groups is 1. The molecule has 0 spiro atoms. The van der Waals surface area contributed by atoms with E-state index in [-0.39, 0.29) is 0 Å². The molecule has 1 aromatic carbocycles. The van der Waals surface area contributed by atoms with Crippen molar-refractivity contribution in [1.29, 1.82) is 0 Å². The summed E-state index contributed by atoms with van der Waals surface area (Å²) in [6.07, 6.45) is 5.92. The van der Waals surface area contributed by atoms with Gasteiger partial charge in [0, 0.05) is 29.3 Å². The number of halogens is 1. The van der Waals surface area contributed by atoms with E-state index in [1.165, 1.54) is 0 Å². The summed E-state index contributed by atoms with van der Waals surface area (Å²) in [5.41, 5.74) is 14.9. The number of anilines is 3. The van der Waals surface area contributed by atoms with Crippen molar-refractivity contribution in [3.8, 4) is 0 Å². The smallest absolute Gasteiger partial charge is 0.241 e. The molecular formula is C19H25ClN8. The van der Waals surface area contributed by atoms with Crippen LogP contribution in [0.2, 0.25) is 5.02 Å². The molecule has 0 bridgehead atoms. The fourth-order valence-corrected chi connectivity index (χ4v) is 3.64. The summed E-state index contributed by atoms with van der Waals surface area (Å²) in [4.78, 5) is 13.8. The Morgan fingerprint density at radius 3 is 2.79 bits per heavy atom. The lowest BCUT2D eigenvalue weighted by Crippen LogP contribution is -2.40. The molecule has 0 unspecified atom stereocenters. The lowest BCUT2D eigenvalue weighted by atomic mass is 9.92. The molecule has 0 aliphatic heterocycles. The van der Waals surface area contributed by atoms with Gasteiger partial charge in [0.1, 0.15) is 0 Å². The molecule has 1 saturated carbocycles. The summed E-state index contributed by atoms with van der Waals surface area (Å²) < 4.78 is 1.99. The molecular weight excluding hydrogens is 376 g/mol. The first-order valence-corrected chi connectivity index (χ1v) is 10.0. The highest BCUT2D eigenvalue weighted by atomic mass is 35.5. The van der Waals surface area contributed by atoms with Crippen LogP contribution in [0.4, 0.5) is 17.5 Å². The number of nitrogens with one attached hydrogen (secondary N) is 3. The van der Waals surface area contributed by atoms with Gasteiger partial charge in [-0.3, -0.25) is 5.43 Å². The first kappa shape index (κ1) is 18.9. The van der Waals surface area contributed by atoms with Gasteiger partial charge in [-0.05, 0) is 50.8 Å². The van der Waals surface area contributed by atoms with Crippen molar-refractivity contribution in [3.63, 3.8) is 0 Å². The zero-order valence-electron chi connectivity index (χ0n) is 15.8. The first-order chi connectivity index (χ1) is 13.6. The van der Waals surface area contributed by atoms with Gasteiger partial charge in [0.15, 0.2) is 17.0 Å². The normalized spacial score (nSPS) is 19.7. The maximum Gasteiger partial charge on any atom is 0.241 e. The van der Waals surface area contributed by atoms with Gasteiger partial charge in [0.05, 0.1) is 6.33 Å². The van der Waals surface area contributed by atoms with E-state index in [4.69, 9.17) is 17.3 Å². The van der Waals surface area contributed by atoms with Crippen molar-refractivity contribution >= 4 is 40.2 Å². The van der Waals surface area contributed by atoms with Crippen LogP contribution >= 0.6 is 11.6 Å². The number of hydrogen-bond acceptors (Lipinski definition) is 7. The van der Waals surface area contributed by atoms with E-state index < -0.39 is 0 Å². The molecule has 1 aliphatic carbocycles. The molecule has 148 valence electrons. The topological polar surface area (TPSA) is 106 Å². The van der Waals surface area contributed by atoms with Gasteiger partial charge in [-0.15, -0.1) is 0 Å². The summed E-state index contributed by atoms with van der Waals surface area (Å²) in [6.45, 7) is 2.83. The predicted octanol–water partition coefficient (Wildman–Crippen LogP) is 3.43. The number of rotatable bonds is 6. The van der Waals surface area contributed by atoms with Crippen LogP contribution in [0.25, 0.3) is 11.2 Å². The minimum absolute atomic E-state index is 0.318. The highest BCUT2D eigenvalue weighted by molar-refractivity contribution is 6.30. The van der Waals surface area contributed by atoms with Crippen LogP contribution in [-0.4, -0.2) is 31.6 Å². The van der Waals surface area contributed by atoms with Gasteiger partial charge in [0.2, 0.25) is 5.95 Å². The van der Waals surface area contributed by atoms with E-state index in [0.717, 1.165) is 49.1 Å². The number of nitrogens with two attached hydrogens (primary N) is 1. The standard InChI is InChI=1S/C19H25ClN8/c1-2-28-11-22-16-17(23-15-5-3-4-12(20)10-15)24-19(25-18(16)28)27-26-14-8-6-13(21)7-9-14/h3-5,10-11,13-14,26H,2,6-9,21H2,1H3,(H2,23,24,25,27). The number of benzene rings is 1. The fourth-order valence-electron chi connectivity index (χ4n) is 3.45. The molecule has 0 amide bonds. The Hall–Kier alpha value is -2.42. The zero-order valence-corrected chi connectivity index (χ0v) is 16.6. The second-order valence-electron chi connectivity index (χ2n) is 7.12. The molecule has 5 N–H and O–H groups in total. The van der Waals surface area contributed by atoms with Crippen molar-refractivity contribution in [1.82, 2.24) is 24.9 Å². The number of hydrogen-bond donors (Lipinski definition) is 4. The van der Waals surface area contributed by atoms with E-state index in [9.17, 15) is 0 Å². The summed E-state index contributed by atoms with van der Waals surface area (Å²) in [6, 6.07) is 8.19. The fraction of sp³-hybridized carbons (Fsp3) is 0.421. The highest BCUT2D eigenvalue weighted by Crippen LogP contribution is 2.26. The van der Waals surface area contributed by atoms with Crippen LogP contribution < -0.4 is 21.9 Å². The predicted molar refractivity (Wildman–Crippen MR) is 113 cm³/mol. The molecule has 2 heterocycles. The third-order valence-corrected chi connectivity index (χ3v) is 5.29. The van der Waals surface area contributed by atoms with Crippen LogP contribution in [0.15, 0.2) is 30.6 Å². The minimum atomic E-state index is 0.318. The Bertz CT molecular complexity index is 948. The summed E-state index contributed by atoms with van der Waals surface area (Å²) >= 11 is 6.11. The van der Waals surface area contributed by atoms with Crippen LogP contribution in [0.5, 0.6) is 0 Å². The van der Waals surface area contributed by atoms with Crippen molar-refractivity contribution in [3.05, 3.63) is 35.6 Å². The number of aromatic nitrogens is 4. The second kappa shape index (κ2) is 8.30. The van der Waals surface area contributed by atoms with Gasteiger partial charge >= 0.3 is 0 Å². The summed E-state index contributed by atoms with van der Waals surface area (Å²) in [5.74, 6) is 1.14. The zero-order chi connectivity index (χ0) is 19.5. The molecule has 28 heavy (non-hydrogen) atoms.